The van der Waals surface area contributed by atoms with Gasteiger partial charge in [-0.05, 0) is 30.4 Å². The number of benzene rings is 1. The standard InChI is InChI=1S/C21H19F2N3/c22-17-9-3-1-7-15(17)14-26-21(16-8-2-4-10-18(16)23)13-19(24)20-11-5-6-12-25-20/h1-13,16,18H,14,24H2. The van der Waals surface area contributed by atoms with Crippen LogP contribution in [0.2, 0.25) is 0 Å². The van der Waals surface area contributed by atoms with Crippen molar-refractivity contribution in [2.75, 3.05) is 0 Å². The topological polar surface area (TPSA) is 51.3 Å². The molecular formula is C21H19F2N3. The van der Waals surface area contributed by atoms with Crippen molar-refractivity contribution < 1.29 is 8.78 Å². The zero-order valence-corrected chi connectivity index (χ0v) is 14.1. The maximum atomic E-state index is 14.4. The smallest absolute Gasteiger partial charge is 0.130 e. The number of rotatable bonds is 5. The molecule has 1 aromatic heterocycles. The quantitative estimate of drug-likeness (QED) is 0.819. The number of allylic oxidation sites excluding steroid dienone is 5. The largest absolute Gasteiger partial charge is 0.397 e. The Bertz CT molecular complexity index is 870. The van der Waals surface area contributed by atoms with E-state index in [2.05, 4.69) is 9.98 Å². The van der Waals surface area contributed by atoms with Gasteiger partial charge in [-0.3, -0.25) is 9.98 Å². The Balaban J connectivity index is 1.94. The minimum Gasteiger partial charge on any atom is -0.397 e. The Morgan fingerprint density at radius 3 is 2.62 bits per heavy atom. The van der Waals surface area contributed by atoms with Crippen LogP contribution >= 0.6 is 0 Å². The van der Waals surface area contributed by atoms with Crippen LogP contribution in [0, 0.1) is 11.7 Å². The molecule has 2 atom stereocenters. The lowest BCUT2D eigenvalue weighted by atomic mass is 9.92. The van der Waals surface area contributed by atoms with E-state index in [1.165, 1.54) is 12.1 Å². The van der Waals surface area contributed by atoms with E-state index >= 15 is 0 Å². The summed E-state index contributed by atoms with van der Waals surface area (Å²) in [6.07, 6.45) is 8.65. The van der Waals surface area contributed by atoms with E-state index in [1.54, 1.807) is 60.8 Å². The lowest BCUT2D eigenvalue weighted by Crippen LogP contribution is -2.23. The molecule has 5 heteroatoms. The fraction of sp³-hybridized carbons (Fsp3) is 0.143. The number of alkyl halides is 1. The molecule has 1 aliphatic rings. The van der Waals surface area contributed by atoms with Gasteiger partial charge in [-0.15, -0.1) is 0 Å². The highest BCUT2D eigenvalue weighted by Gasteiger charge is 2.22. The maximum absolute atomic E-state index is 14.4. The lowest BCUT2D eigenvalue weighted by Gasteiger charge is -2.18. The van der Waals surface area contributed by atoms with E-state index in [-0.39, 0.29) is 12.4 Å². The molecule has 3 nitrogen and oxygen atoms in total. The SMILES string of the molecule is NC(=CC(=NCc1ccccc1F)C1C=CC=CC1F)c1ccccn1. The van der Waals surface area contributed by atoms with Crippen molar-refractivity contribution >= 4 is 11.4 Å². The highest BCUT2D eigenvalue weighted by molar-refractivity contribution is 6.03. The van der Waals surface area contributed by atoms with Crippen molar-refractivity contribution in [1.29, 1.82) is 0 Å². The van der Waals surface area contributed by atoms with Gasteiger partial charge >= 0.3 is 0 Å². The molecule has 0 fully saturated rings. The van der Waals surface area contributed by atoms with Crippen LogP contribution in [0.15, 0.2) is 84.0 Å². The van der Waals surface area contributed by atoms with E-state index in [4.69, 9.17) is 5.73 Å². The van der Waals surface area contributed by atoms with Crippen LogP contribution in [0.5, 0.6) is 0 Å². The van der Waals surface area contributed by atoms with Crippen LogP contribution in [0.3, 0.4) is 0 Å². The number of aliphatic imine (C=N–C) groups is 1. The zero-order valence-electron chi connectivity index (χ0n) is 14.1. The summed E-state index contributed by atoms with van der Waals surface area (Å²) in [5, 5.41) is 0. The second-order valence-corrected chi connectivity index (χ2v) is 5.89. The molecular weight excluding hydrogens is 332 g/mol. The number of nitrogens with zero attached hydrogens (tertiary/aromatic N) is 2. The maximum Gasteiger partial charge on any atom is 0.130 e. The first kappa shape index (κ1) is 17.7. The Morgan fingerprint density at radius 2 is 1.88 bits per heavy atom. The first-order chi connectivity index (χ1) is 12.6. The van der Waals surface area contributed by atoms with Crippen LogP contribution in [-0.2, 0) is 6.54 Å². The van der Waals surface area contributed by atoms with Crippen molar-refractivity contribution in [3.63, 3.8) is 0 Å². The van der Waals surface area contributed by atoms with Gasteiger partial charge in [0.15, 0.2) is 0 Å². The third-order valence-electron chi connectivity index (χ3n) is 4.06. The van der Waals surface area contributed by atoms with Gasteiger partial charge in [-0.2, -0.15) is 0 Å². The van der Waals surface area contributed by atoms with Crippen LogP contribution in [-0.4, -0.2) is 16.9 Å². The molecule has 2 unspecified atom stereocenters. The van der Waals surface area contributed by atoms with Gasteiger partial charge in [0.1, 0.15) is 12.0 Å². The minimum absolute atomic E-state index is 0.106. The Kier molecular flexibility index (Phi) is 5.69. The fourth-order valence-electron chi connectivity index (χ4n) is 2.66. The minimum atomic E-state index is -1.22. The van der Waals surface area contributed by atoms with Gasteiger partial charge in [-0.1, -0.05) is 42.5 Å². The molecule has 26 heavy (non-hydrogen) atoms. The van der Waals surface area contributed by atoms with Crippen molar-refractivity contribution in [2.45, 2.75) is 12.7 Å². The third kappa shape index (κ3) is 4.30. The molecule has 1 aliphatic carbocycles. The van der Waals surface area contributed by atoms with Crippen molar-refractivity contribution in [3.8, 4) is 0 Å². The first-order valence-corrected chi connectivity index (χ1v) is 8.30. The van der Waals surface area contributed by atoms with E-state index in [1.807, 2.05) is 6.07 Å². The third-order valence-corrected chi connectivity index (χ3v) is 4.06. The van der Waals surface area contributed by atoms with Gasteiger partial charge in [0.25, 0.3) is 0 Å². The molecule has 3 rings (SSSR count). The average Bonchev–Trinajstić information content (AvgIpc) is 2.67. The van der Waals surface area contributed by atoms with E-state index < -0.39 is 12.1 Å². The summed E-state index contributed by atoms with van der Waals surface area (Å²) in [4.78, 5) is 8.66. The molecule has 1 aromatic carbocycles. The number of halogens is 2. The van der Waals surface area contributed by atoms with Crippen molar-refractivity contribution in [1.82, 2.24) is 4.98 Å². The lowest BCUT2D eigenvalue weighted by molar-refractivity contribution is 0.366. The molecule has 2 aromatic rings. The Hall–Kier alpha value is -3.08. The summed E-state index contributed by atoms with van der Waals surface area (Å²) in [7, 11) is 0. The van der Waals surface area contributed by atoms with Gasteiger partial charge in [0, 0.05) is 17.5 Å². The Labute approximate surface area is 151 Å². The zero-order chi connectivity index (χ0) is 18.4. The highest BCUT2D eigenvalue weighted by atomic mass is 19.1. The number of hydrogen-bond donors (Lipinski definition) is 1. The van der Waals surface area contributed by atoms with Gasteiger partial charge in [0.05, 0.1) is 23.9 Å². The van der Waals surface area contributed by atoms with E-state index in [0.717, 1.165) is 0 Å². The Morgan fingerprint density at radius 1 is 1.12 bits per heavy atom. The van der Waals surface area contributed by atoms with Gasteiger partial charge in [-0.25, -0.2) is 8.78 Å². The molecule has 0 bridgehead atoms. The molecule has 0 aliphatic heterocycles. The highest BCUT2D eigenvalue weighted by Crippen LogP contribution is 2.21. The summed E-state index contributed by atoms with van der Waals surface area (Å²) >= 11 is 0. The van der Waals surface area contributed by atoms with E-state index in [0.29, 0.717) is 22.7 Å². The fourth-order valence-corrected chi connectivity index (χ4v) is 2.66. The second-order valence-electron chi connectivity index (χ2n) is 5.89. The first-order valence-electron chi connectivity index (χ1n) is 8.30. The molecule has 0 saturated carbocycles. The number of nitrogens with two attached hydrogens (primary N) is 1. The summed E-state index contributed by atoms with van der Waals surface area (Å²) in [5.74, 6) is -0.915. The van der Waals surface area contributed by atoms with Crippen LogP contribution in [0.4, 0.5) is 8.78 Å². The monoisotopic (exact) mass is 351 g/mol. The normalized spacial score (nSPS) is 20.4. The van der Waals surface area contributed by atoms with Crippen LogP contribution < -0.4 is 5.73 Å². The predicted molar refractivity (Wildman–Crippen MR) is 101 cm³/mol. The summed E-state index contributed by atoms with van der Waals surface area (Å²) in [6, 6.07) is 11.8. The average molecular weight is 351 g/mol. The molecule has 0 saturated heterocycles. The molecule has 0 radical (unpaired) electrons. The number of aromatic nitrogens is 1. The second kappa shape index (κ2) is 8.34. The summed E-state index contributed by atoms with van der Waals surface area (Å²) in [6.45, 7) is 0.106. The van der Waals surface area contributed by atoms with E-state index in [9.17, 15) is 8.78 Å². The van der Waals surface area contributed by atoms with Crippen molar-refractivity contribution in [3.05, 3.63) is 96.1 Å². The van der Waals surface area contributed by atoms with Crippen molar-refractivity contribution in [2.24, 2.45) is 16.6 Å². The van der Waals surface area contributed by atoms with Gasteiger partial charge < -0.3 is 5.73 Å². The predicted octanol–water partition coefficient (Wildman–Crippen LogP) is 4.24. The van der Waals surface area contributed by atoms with Crippen LogP contribution in [0.1, 0.15) is 11.3 Å². The summed E-state index contributed by atoms with van der Waals surface area (Å²) in [5.41, 5.74) is 7.98. The van der Waals surface area contributed by atoms with Crippen LogP contribution in [0.25, 0.3) is 5.70 Å². The van der Waals surface area contributed by atoms with Gasteiger partial charge in [0.2, 0.25) is 0 Å². The molecule has 2 N–H and O–H groups in total. The molecule has 1 heterocycles. The molecule has 132 valence electrons. The molecule has 0 amide bonds. The number of hydrogen-bond acceptors (Lipinski definition) is 3. The number of pyridine rings is 1. The molecule has 0 spiro atoms. The summed E-state index contributed by atoms with van der Waals surface area (Å²) < 4.78 is 28.2.